The van der Waals surface area contributed by atoms with Gasteiger partial charge in [-0.1, -0.05) is 6.08 Å². The van der Waals surface area contributed by atoms with E-state index < -0.39 is 29.3 Å². The topological polar surface area (TPSA) is 81.0 Å². The minimum Gasteiger partial charge on any atom is -0.464 e. The van der Waals surface area contributed by atoms with Crippen LogP contribution in [0.25, 0.3) is 0 Å². The summed E-state index contributed by atoms with van der Waals surface area (Å²) in [6, 6.07) is 3.46. The van der Waals surface area contributed by atoms with Crippen LogP contribution in [0.4, 0.5) is 4.79 Å². The summed E-state index contributed by atoms with van der Waals surface area (Å²) in [4.78, 5) is 26.7. The predicted molar refractivity (Wildman–Crippen MR) is 91.8 cm³/mol. The normalized spacial score (nSPS) is 21.3. The van der Waals surface area contributed by atoms with Crippen molar-refractivity contribution in [2.24, 2.45) is 7.05 Å². The molecule has 1 aliphatic rings. The molecule has 2 rings (SSSR count). The Bertz CT molecular complexity index is 673. The summed E-state index contributed by atoms with van der Waals surface area (Å²) in [5, 5.41) is 11.0. The van der Waals surface area contributed by atoms with Crippen LogP contribution in [0.2, 0.25) is 0 Å². The molecular formula is C18H26N2O5. The standard InChI is InChI=1S/C18H26N2O5/c1-6-24-15(22)18(14(21)13-9-7-11-19(13)5)10-8-12-20(18)16(23)25-17(2,3)4/h7-11,14,21H,6,12H2,1-5H3/t14-,18+/m0/s1. The molecule has 0 fully saturated rings. The Labute approximate surface area is 147 Å². The highest BCUT2D eigenvalue weighted by molar-refractivity contribution is 5.90. The highest BCUT2D eigenvalue weighted by Crippen LogP contribution is 2.38. The number of carbonyl (C=O) groups excluding carboxylic acids is 2. The lowest BCUT2D eigenvalue weighted by Crippen LogP contribution is -2.58. The number of aromatic nitrogens is 1. The molecule has 1 aliphatic heterocycles. The maximum absolute atomic E-state index is 12.8. The zero-order valence-electron chi connectivity index (χ0n) is 15.4. The van der Waals surface area contributed by atoms with E-state index in [-0.39, 0.29) is 13.2 Å². The molecule has 0 unspecified atom stereocenters. The summed E-state index contributed by atoms with van der Waals surface area (Å²) >= 11 is 0. The number of esters is 1. The number of aryl methyl sites for hydroxylation is 1. The lowest BCUT2D eigenvalue weighted by molar-refractivity contribution is -0.160. The molecule has 0 radical (unpaired) electrons. The van der Waals surface area contributed by atoms with Crippen LogP contribution in [-0.4, -0.2) is 50.9 Å². The van der Waals surface area contributed by atoms with Gasteiger partial charge in [0.1, 0.15) is 11.7 Å². The first-order valence-corrected chi connectivity index (χ1v) is 8.28. The fourth-order valence-electron chi connectivity index (χ4n) is 2.88. The van der Waals surface area contributed by atoms with Crippen molar-refractivity contribution < 1.29 is 24.2 Å². The van der Waals surface area contributed by atoms with E-state index in [0.29, 0.717) is 5.69 Å². The molecule has 2 atom stereocenters. The Hall–Kier alpha value is -2.28. The monoisotopic (exact) mass is 350 g/mol. The molecule has 0 bridgehead atoms. The predicted octanol–water partition coefficient (Wildman–Crippen LogP) is 2.17. The van der Waals surface area contributed by atoms with Gasteiger partial charge in [-0.05, 0) is 45.9 Å². The summed E-state index contributed by atoms with van der Waals surface area (Å²) in [6.45, 7) is 7.19. The third kappa shape index (κ3) is 3.56. The van der Waals surface area contributed by atoms with E-state index in [1.54, 1.807) is 63.7 Å². The van der Waals surface area contributed by atoms with Crippen molar-refractivity contribution in [1.82, 2.24) is 9.47 Å². The molecule has 7 heteroatoms. The highest BCUT2D eigenvalue weighted by Gasteiger charge is 2.55. The molecule has 0 aromatic carbocycles. The molecule has 2 heterocycles. The van der Waals surface area contributed by atoms with Crippen molar-refractivity contribution in [2.45, 2.75) is 44.9 Å². The molecule has 1 aromatic rings. The van der Waals surface area contributed by atoms with Crippen molar-refractivity contribution >= 4 is 12.1 Å². The third-order valence-electron chi connectivity index (χ3n) is 4.00. The first kappa shape index (κ1) is 19.1. The van der Waals surface area contributed by atoms with Crippen molar-refractivity contribution in [2.75, 3.05) is 13.2 Å². The second-order valence-corrected chi connectivity index (χ2v) is 6.99. The number of ether oxygens (including phenoxy) is 2. The van der Waals surface area contributed by atoms with Crippen molar-refractivity contribution in [1.29, 1.82) is 0 Å². The van der Waals surface area contributed by atoms with Gasteiger partial charge in [0.2, 0.25) is 0 Å². The molecule has 0 saturated carbocycles. The van der Waals surface area contributed by atoms with Crippen LogP contribution in [-0.2, 0) is 21.3 Å². The molecule has 7 nitrogen and oxygen atoms in total. The average molecular weight is 350 g/mol. The van der Waals surface area contributed by atoms with Gasteiger partial charge in [-0.2, -0.15) is 0 Å². The summed E-state index contributed by atoms with van der Waals surface area (Å²) in [5.74, 6) is -0.691. The number of hydrogen-bond donors (Lipinski definition) is 1. The largest absolute Gasteiger partial charge is 0.464 e. The van der Waals surface area contributed by atoms with Gasteiger partial charge in [0.05, 0.1) is 6.61 Å². The van der Waals surface area contributed by atoms with Crippen molar-refractivity contribution in [3.8, 4) is 0 Å². The van der Waals surface area contributed by atoms with Crippen LogP contribution in [0.15, 0.2) is 30.5 Å². The summed E-state index contributed by atoms with van der Waals surface area (Å²) in [6.07, 6.45) is 2.96. The van der Waals surface area contributed by atoms with Crippen LogP contribution in [0.1, 0.15) is 39.5 Å². The van der Waals surface area contributed by atoms with Crippen LogP contribution in [0, 0.1) is 0 Å². The Morgan fingerprint density at radius 1 is 1.40 bits per heavy atom. The number of rotatable bonds is 4. The van der Waals surface area contributed by atoms with E-state index in [9.17, 15) is 14.7 Å². The zero-order valence-corrected chi connectivity index (χ0v) is 15.4. The van der Waals surface area contributed by atoms with Gasteiger partial charge in [0.15, 0.2) is 5.54 Å². The Morgan fingerprint density at radius 2 is 2.08 bits per heavy atom. The van der Waals surface area contributed by atoms with Gasteiger partial charge >= 0.3 is 12.1 Å². The van der Waals surface area contributed by atoms with Crippen LogP contribution >= 0.6 is 0 Å². The van der Waals surface area contributed by atoms with Crippen molar-refractivity contribution in [3.05, 3.63) is 36.2 Å². The Morgan fingerprint density at radius 3 is 2.60 bits per heavy atom. The average Bonchev–Trinajstić information content (AvgIpc) is 3.11. The third-order valence-corrected chi connectivity index (χ3v) is 4.00. The number of aliphatic hydroxyl groups is 1. The molecule has 0 saturated heterocycles. The van der Waals surface area contributed by atoms with Crippen LogP contribution < -0.4 is 0 Å². The van der Waals surface area contributed by atoms with Crippen LogP contribution in [0.5, 0.6) is 0 Å². The van der Waals surface area contributed by atoms with Gasteiger partial charge in [-0.15, -0.1) is 0 Å². The van der Waals surface area contributed by atoms with Gasteiger partial charge in [0.25, 0.3) is 0 Å². The summed E-state index contributed by atoms with van der Waals surface area (Å²) in [7, 11) is 1.76. The lowest BCUT2D eigenvalue weighted by atomic mass is 9.89. The first-order valence-electron chi connectivity index (χ1n) is 8.28. The van der Waals surface area contributed by atoms with E-state index in [0.717, 1.165) is 0 Å². The van der Waals surface area contributed by atoms with Gasteiger partial charge in [-0.25, -0.2) is 9.59 Å². The summed E-state index contributed by atoms with van der Waals surface area (Å²) in [5.41, 5.74) is -1.89. The van der Waals surface area contributed by atoms with E-state index in [2.05, 4.69) is 0 Å². The maximum atomic E-state index is 12.8. The minimum absolute atomic E-state index is 0.135. The molecule has 0 aliphatic carbocycles. The highest BCUT2D eigenvalue weighted by atomic mass is 16.6. The molecule has 1 aromatic heterocycles. The fourth-order valence-corrected chi connectivity index (χ4v) is 2.88. The zero-order chi connectivity index (χ0) is 18.8. The Kier molecular flexibility index (Phi) is 5.27. The van der Waals surface area contributed by atoms with Gasteiger partial charge < -0.3 is 19.1 Å². The molecule has 0 spiro atoms. The summed E-state index contributed by atoms with van der Waals surface area (Å²) < 4.78 is 12.3. The quantitative estimate of drug-likeness (QED) is 0.665. The number of aliphatic hydroxyl groups excluding tert-OH is 1. The first-order chi connectivity index (χ1) is 11.6. The number of nitrogens with zero attached hydrogens (tertiary/aromatic N) is 2. The minimum atomic E-state index is -1.66. The van der Waals surface area contributed by atoms with Crippen LogP contribution in [0.3, 0.4) is 0 Å². The fraction of sp³-hybridized carbons (Fsp3) is 0.556. The number of carbonyl (C=O) groups is 2. The molecule has 1 amide bonds. The number of amides is 1. The lowest BCUT2D eigenvalue weighted by Gasteiger charge is -2.39. The van der Waals surface area contributed by atoms with E-state index >= 15 is 0 Å². The Balaban J connectivity index is 2.47. The SMILES string of the molecule is CCOC(=O)[C@]1([C@@H](O)c2cccn2C)C=CCN1C(=O)OC(C)(C)C. The molecular weight excluding hydrogens is 324 g/mol. The number of hydrogen-bond acceptors (Lipinski definition) is 5. The smallest absolute Gasteiger partial charge is 0.411 e. The van der Waals surface area contributed by atoms with Crippen molar-refractivity contribution in [3.63, 3.8) is 0 Å². The maximum Gasteiger partial charge on any atom is 0.411 e. The second kappa shape index (κ2) is 6.92. The second-order valence-electron chi connectivity index (χ2n) is 6.99. The molecule has 25 heavy (non-hydrogen) atoms. The van der Waals surface area contributed by atoms with E-state index in [1.165, 1.54) is 11.0 Å². The van der Waals surface area contributed by atoms with E-state index in [4.69, 9.17) is 9.47 Å². The molecule has 138 valence electrons. The van der Waals surface area contributed by atoms with Gasteiger partial charge in [-0.3, -0.25) is 4.90 Å². The molecule has 1 N–H and O–H groups in total. The van der Waals surface area contributed by atoms with E-state index in [1.807, 2.05) is 0 Å². The van der Waals surface area contributed by atoms with Gasteiger partial charge in [0, 0.05) is 25.5 Å².